The van der Waals surface area contributed by atoms with Crippen LogP contribution in [0.2, 0.25) is 0 Å². The Balaban J connectivity index is 1.37. The van der Waals surface area contributed by atoms with Crippen LogP contribution in [-0.2, 0) is 6.42 Å². The van der Waals surface area contributed by atoms with Gasteiger partial charge in [0.05, 0.1) is 0 Å². The van der Waals surface area contributed by atoms with Crippen LogP contribution in [0.3, 0.4) is 0 Å². The molecule has 1 aliphatic carbocycles. The second kappa shape index (κ2) is 10.4. The first kappa shape index (κ1) is 22.1. The number of halogens is 1. The van der Waals surface area contributed by atoms with Crippen molar-refractivity contribution < 1.29 is 4.39 Å². The molecule has 0 saturated heterocycles. The van der Waals surface area contributed by atoms with E-state index >= 15 is 4.39 Å². The Hall–Kier alpha value is -2.15. The van der Waals surface area contributed by atoms with E-state index in [2.05, 4.69) is 32.0 Å². The minimum absolute atomic E-state index is 0.103. The van der Waals surface area contributed by atoms with Crippen LogP contribution in [0.5, 0.6) is 0 Å². The third-order valence-electron chi connectivity index (χ3n) is 7.40. The maximum absolute atomic E-state index is 15.2. The van der Waals surface area contributed by atoms with Crippen LogP contribution in [0, 0.1) is 24.6 Å². The lowest BCUT2D eigenvalue weighted by Crippen LogP contribution is -2.15. The monoisotopic (exact) mass is 416 g/mol. The van der Waals surface area contributed by atoms with E-state index in [-0.39, 0.29) is 5.82 Å². The fourth-order valence-electron chi connectivity index (χ4n) is 5.32. The van der Waals surface area contributed by atoms with Gasteiger partial charge < -0.3 is 0 Å². The summed E-state index contributed by atoms with van der Waals surface area (Å²) in [4.78, 5) is 0. The molecule has 164 valence electrons. The maximum Gasteiger partial charge on any atom is 0.138 e. The van der Waals surface area contributed by atoms with Gasteiger partial charge in [-0.15, -0.1) is 0 Å². The Kier molecular flexibility index (Phi) is 7.43. The highest BCUT2D eigenvalue weighted by molar-refractivity contribution is 5.88. The lowest BCUT2D eigenvalue weighted by atomic mass is 9.77. The zero-order valence-electron chi connectivity index (χ0n) is 19.3. The third-order valence-corrected chi connectivity index (χ3v) is 7.40. The lowest BCUT2D eigenvalue weighted by Gasteiger charge is -2.28. The minimum atomic E-state index is -0.103. The van der Waals surface area contributed by atoms with Gasteiger partial charge in [-0.1, -0.05) is 118 Å². The second-order valence-corrected chi connectivity index (χ2v) is 9.77. The molecule has 0 atom stereocenters. The summed E-state index contributed by atoms with van der Waals surface area (Å²) in [5.74, 6) is 1.75. The molecule has 0 spiro atoms. The van der Waals surface area contributed by atoms with E-state index in [1.165, 1.54) is 68.9 Å². The molecule has 1 heteroatoms. The first-order chi connectivity index (χ1) is 15.1. The van der Waals surface area contributed by atoms with Gasteiger partial charge >= 0.3 is 0 Å². The van der Waals surface area contributed by atoms with Gasteiger partial charge in [-0.2, -0.15) is 0 Å². The summed E-state index contributed by atoms with van der Waals surface area (Å²) in [7, 11) is 0. The summed E-state index contributed by atoms with van der Waals surface area (Å²) >= 11 is 0. The first-order valence-corrected chi connectivity index (χ1v) is 12.4. The third kappa shape index (κ3) is 5.56. The van der Waals surface area contributed by atoms with Gasteiger partial charge in [-0.25, -0.2) is 4.39 Å². The predicted octanol–water partition coefficient (Wildman–Crippen LogP) is 9.27. The van der Waals surface area contributed by atoms with Gasteiger partial charge in [-0.05, 0) is 48.1 Å². The lowest BCUT2D eigenvalue weighted by molar-refractivity contribution is 0.249. The average molecular weight is 417 g/mol. The summed E-state index contributed by atoms with van der Waals surface area (Å²) in [5, 5.41) is 1.75. The van der Waals surface area contributed by atoms with Crippen LogP contribution in [0.25, 0.3) is 21.9 Å². The molecule has 0 nitrogen and oxygen atoms in total. The van der Waals surface area contributed by atoms with Crippen molar-refractivity contribution in [3.8, 4) is 11.1 Å². The summed E-state index contributed by atoms with van der Waals surface area (Å²) in [6.07, 6.45) is 13.6. The second-order valence-electron chi connectivity index (χ2n) is 9.77. The zero-order chi connectivity index (χ0) is 21.6. The van der Waals surface area contributed by atoms with Crippen molar-refractivity contribution in [1.82, 2.24) is 0 Å². The molecule has 0 aliphatic heterocycles. The van der Waals surface area contributed by atoms with Crippen molar-refractivity contribution in [3.05, 3.63) is 71.5 Å². The Morgan fingerprint density at radius 2 is 1.52 bits per heavy atom. The van der Waals surface area contributed by atoms with E-state index in [0.29, 0.717) is 5.56 Å². The van der Waals surface area contributed by atoms with E-state index in [0.717, 1.165) is 34.6 Å². The predicted molar refractivity (Wildman–Crippen MR) is 132 cm³/mol. The van der Waals surface area contributed by atoms with Gasteiger partial charge in [-0.3, -0.25) is 0 Å². The van der Waals surface area contributed by atoms with E-state index in [4.69, 9.17) is 0 Å². The van der Waals surface area contributed by atoms with Crippen LogP contribution in [-0.4, -0.2) is 0 Å². The zero-order valence-corrected chi connectivity index (χ0v) is 19.3. The molecule has 0 radical (unpaired) electrons. The molecule has 1 aliphatic rings. The van der Waals surface area contributed by atoms with Crippen LogP contribution < -0.4 is 0 Å². The summed E-state index contributed by atoms with van der Waals surface area (Å²) in [6, 6.07) is 18.4. The molecule has 0 bridgehead atoms. The summed E-state index contributed by atoms with van der Waals surface area (Å²) < 4.78 is 15.2. The van der Waals surface area contributed by atoms with Crippen LogP contribution in [0.1, 0.15) is 75.8 Å². The summed E-state index contributed by atoms with van der Waals surface area (Å²) in [5.41, 5.74) is 4.18. The number of fused-ring (bicyclic) bond motifs is 1. The molecule has 0 aromatic heterocycles. The highest BCUT2D eigenvalue weighted by atomic mass is 19.1. The Bertz CT molecular complexity index is 977. The van der Waals surface area contributed by atoms with Crippen molar-refractivity contribution >= 4 is 10.8 Å². The van der Waals surface area contributed by atoms with Gasteiger partial charge in [0.25, 0.3) is 0 Å². The Morgan fingerprint density at radius 1 is 0.806 bits per heavy atom. The number of hydrogen-bond acceptors (Lipinski definition) is 0. The van der Waals surface area contributed by atoms with Crippen molar-refractivity contribution in [1.29, 1.82) is 0 Å². The van der Waals surface area contributed by atoms with Crippen molar-refractivity contribution in [2.45, 2.75) is 78.1 Å². The number of hydrogen-bond donors (Lipinski definition) is 0. The molecule has 0 N–H and O–H groups in total. The Labute approximate surface area is 187 Å². The van der Waals surface area contributed by atoms with Crippen molar-refractivity contribution in [2.75, 3.05) is 0 Å². The molecule has 3 aromatic rings. The first-order valence-electron chi connectivity index (χ1n) is 12.4. The number of benzene rings is 3. The van der Waals surface area contributed by atoms with Crippen molar-refractivity contribution in [3.63, 3.8) is 0 Å². The maximum atomic E-state index is 15.2. The van der Waals surface area contributed by atoms with Gasteiger partial charge in [0.2, 0.25) is 0 Å². The van der Waals surface area contributed by atoms with Crippen LogP contribution >= 0.6 is 0 Å². The van der Waals surface area contributed by atoms with Crippen LogP contribution in [0.15, 0.2) is 54.6 Å². The number of aryl methyl sites for hydroxylation is 2. The minimum Gasteiger partial charge on any atom is -0.206 e. The average Bonchev–Trinajstić information content (AvgIpc) is 2.80. The fourth-order valence-corrected chi connectivity index (χ4v) is 5.32. The van der Waals surface area contributed by atoms with E-state index in [1.807, 2.05) is 36.4 Å². The fraction of sp³-hybridized carbons (Fsp3) is 0.467. The largest absolute Gasteiger partial charge is 0.206 e. The molecular weight excluding hydrogens is 379 g/mol. The van der Waals surface area contributed by atoms with Gasteiger partial charge in [0.1, 0.15) is 5.82 Å². The number of rotatable bonds is 8. The van der Waals surface area contributed by atoms with E-state index in [1.54, 1.807) is 0 Å². The highest BCUT2D eigenvalue weighted by Crippen LogP contribution is 2.35. The topological polar surface area (TPSA) is 0 Å². The molecule has 4 rings (SSSR count). The molecule has 1 fully saturated rings. The molecule has 0 amide bonds. The SMILES string of the molecule is CCCCCC1CCC(CCc2ccc3c(F)c(-c4ccc(C)cc4)ccc3c2)CC1. The number of unbranched alkanes of at least 4 members (excludes halogenated alkanes) is 2. The molecule has 31 heavy (non-hydrogen) atoms. The Morgan fingerprint density at radius 3 is 2.23 bits per heavy atom. The van der Waals surface area contributed by atoms with Gasteiger partial charge in [0, 0.05) is 10.9 Å². The molecule has 0 unspecified atom stereocenters. The highest BCUT2D eigenvalue weighted by Gasteiger charge is 2.20. The normalized spacial score (nSPS) is 19.1. The molecule has 1 saturated carbocycles. The van der Waals surface area contributed by atoms with Crippen LogP contribution in [0.4, 0.5) is 4.39 Å². The van der Waals surface area contributed by atoms with Crippen molar-refractivity contribution in [2.24, 2.45) is 11.8 Å². The standard InChI is InChI=1S/C30H37F/c1-3-4-5-6-23-9-11-24(12-10-23)13-14-25-15-19-29-27(21-25)18-20-28(30(29)31)26-16-7-22(2)8-17-26/h7-8,15-21,23-24H,3-6,9-14H2,1-2H3. The summed E-state index contributed by atoms with van der Waals surface area (Å²) in [6.45, 7) is 4.35. The molecule has 0 heterocycles. The van der Waals surface area contributed by atoms with E-state index in [9.17, 15) is 0 Å². The smallest absolute Gasteiger partial charge is 0.138 e. The van der Waals surface area contributed by atoms with E-state index < -0.39 is 0 Å². The van der Waals surface area contributed by atoms with Gasteiger partial charge in [0.15, 0.2) is 0 Å². The molecular formula is C30H37F. The molecule has 3 aromatic carbocycles. The quantitative estimate of drug-likeness (QED) is 0.321.